The third kappa shape index (κ3) is 7.28. The maximum atomic E-state index is 13.2. The molecule has 1 aliphatic rings. The maximum absolute atomic E-state index is 13.2. The number of carbonyl (C=O) groups excluding carboxylic acids is 2. The van der Waals surface area contributed by atoms with E-state index in [1.54, 1.807) is 20.1 Å². The zero-order valence-electron chi connectivity index (χ0n) is 19.3. The van der Waals surface area contributed by atoms with Gasteiger partial charge in [-0.3, -0.25) is 4.79 Å². The Bertz CT molecular complexity index is 913. The van der Waals surface area contributed by atoms with Crippen LogP contribution in [0.15, 0.2) is 41.1 Å². The molecule has 0 spiro atoms. The lowest BCUT2D eigenvalue weighted by Gasteiger charge is -2.24. The van der Waals surface area contributed by atoms with Crippen molar-refractivity contribution in [2.24, 2.45) is 5.73 Å². The van der Waals surface area contributed by atoms with Gasteiger partial charge >= 0.3 is 6.09 Å². The van der Waals surface area contributed by atoms with Gasteiger partial charge in [0.2, 0.25) is 5.91 Å². The van der Waals surface area contributed by atoms with Crippen molar-refractivity contribution in [2.45, 2.75) is 63.7 Å². The van der Waals surface area contributed by atoms with Crippen LogP contribution >= 0.6 is 0 Å². The Balaban J connectivity index is 1.50. The average Bonchev–Trinajstić information content (AvgIpc) is 3.41. The second-order valence-corrected chi connectivity index (χ2v) is 9.03. The number of nitrogens with two attached hydrogens (primary N) is 1. The van der Waals surface area contributed by atoms with Gasteiger partial charge in [0.05, 0.1) is 30.4 Å². The highest BCUT2D eigenvalue weighted by Gasteiger charge is 2.27. The van der Waals surface area contributed by atoms with E-state index in [0.717, 1.165) is 23.2 Å². The molecule has 8 nitrogen and oxygen atoms in total. The molecule has 0 aliphatic carbocycles. The van der Waals surface area contributed by atoms with E-state index in [9.17, 15) is 14.0 Å². The molecule has 180 valence electrons. The Morgan fingerprint density at radius 2 is 2.09 bits per heavy atom. The molecule has 1 unspecified atom stereocenters. The summed E-state index contributed by atoms with van der Waals surface area (Å²) in [5, 5.41) is 7.14. The molecular formula is C24H33FN4O4. The number of carbonyl (C=O) groups is 2. The summed E-state index contributed by atoms with van der Waals surface area (Å²) in [6.45, 7) is 4.02. The summed E-state index contributed by atoms with van der Waals surface area (Å²) in [5.74, 6) is -0.211. The zero-order valence-corrected chi connectivity index (χ0v) is 19.3. The Hall–Kier alpha value is -2.94. The lowest BCUT2D eigenvalue weighted by atomic mass is 9.97. The molecule has 1 aromatic carbocycles. The van der Waals surface area contributed by atoms with Crippen molar-refractivity contribution in [1.29, 1.82) is 0 Å². The van der Waals surface area contributed by atoms with Gasteiger partial charge in [0, 0.05) is 18.5 Å². The van der Waals surface area contributed by atoms with Gasteiger partial charge in [-0.25, -0.2) is 9.18 Å². The van der Waals surface area contributed by atoms with Crippen molar-refractivity contribution in [3.8, 4) is 0 Å². The van der Waals surface area contributed by atoms with Crippen LogP contribution in [-0.4, -0.2) is 53.5 Å². The highest BCUT2D eigenvalue weighted by Crippen LogP contribution is 2.22. The minimum atomic E-state index is -0.970. The van der Waals surface area contributed by atoms with E-state index >= 15 is 0 Å². The number of likely N-dealkylation sites (tertiary alicyclic amines) is 1. The number of alkyl halides is 1. The van der Waals surface area contributed by atoms with E-state index in [1.807, 2.05) is 30.3 Å². The summed E-state index contributed by atoms with van der Waals surface area (Å²) in [6, 6.07) is 9.61. The fourth-order valence-electron chi connectivity index (χ4n) is 3.74. The Kier molecular flexibility index (Phi) is 8.43. The molecule has 2 atom stereocenters. The van der Waals surface area contributed by atoms with Crippen LogP contribution in [0.3, 0.4) is 0 Å². The molecular weight excluding hydrogens is 427 g/mol. The third-order valence-electron chi connectivity index (χ3n) is 5.71. The van der Waals surface area contributed by atoms with Crippen molar-refractivity contribution in [3.63, 3.8) is 0 Å². The summed E-state index contributed by atoms with van der Waals surface area (Å²) in [6.07, 6.45) is 3.04. The molecule has 2 heterocycles. The minimum Gasteiger partial charge on any atom is -0.449 e. The summed E-state index contributed by atoms with van der Waals surface area (Å²) >= 11 is 0. The number of rotatable bonds is 10. The highest BCUT2D eigenvalue weighted by molar-refractivity contribution is 5.85. The number of aromatic nitrogens is 1. The van der Waals surface area contributed by atoms with E-state index < -0.39 is 17.8 Å². The largest absolute Gasteiger partial charge is 0.449 e. The van der Waals surface area contributed by atoms with Gasteiger partial charge in [-0.15, -0.1) is 0 Å². The monoisotopic (exact) mass is 460 g/mol. The summed E-state index contributed by atoms with van der Waals surface area (Å²) < 4.78 is 23.6. The first-order valence-electron chi connectivity index (χ1n) is 11.4. The van der Waals surface area contributed by atoms with Crippen molar-refractivity contribution < 1.29 is 23.2 Å². The number of halogens is 1. The number of nitrogens with zero attached hydrogens (tertiary/aromatic N) is 2. The van der Waals surface area contributed by atoms with Crippen molar-refractivity contribution in [3.05, 3.63) is 53.4 Å². The predicted octanol–water partition coefficient (Wildman–Crippen LogP) is 3.32. The van der Waals surface area contributed by atoms with Crippen molar-refractivity contribution in [1.82, 2.24) is 15.4 Å². The van der Waals surface area contributed by atoms with Crippen LogP contribution in [0.5, 0.6) is 0 Å². The predicted molar refractivity (Wildman–Crippen MR) is 121 cm³/mol. The fraction of sp³-hybridized carbons (Fsp3) is 0.542. The fourth-order valence-corrected chi connectivity index (χ4v) is 3.74. The van der Waals surface area contributed by atoms with Crippen LogP contribution in [0, 0.1) is 0 Å². The van der Waals surface area contributed by atoms with E-state index in [0.29, 0.717) is 32.2 Å². The first-order valence-corrected chi connectivity index (χ1v) is 11.4. The molecule has 1 aromatic heterocycles. The highest BCUT2D eigenvalue weighted by atomic mass is 19.1. The normalized spacial score (nSPS) is 17.1. The molecule has 33 heavy (non-hydrogen) atoms. The molecule has 0 radical (unpaired) electrons. The number of hydrogen-bond acceptors (Lipinski definition) is 6. The molecule has 2 amide bonds. The van der Waals surface area contributed by atoms with Crippen molar-refractivity contribution in [2.75, 3.05) is 19.7 Å². The minimum absolute atomic E-state index is 0.0950. The Labute approximate surface area is 193 Å². The van der Waals surface area contributed by atoms with Gasteiger partial charge < -0.3 is 25.2 Å². The molecule has 1 saturated heterocycles. The number of nitrogens with one attached hydrogen (secondary N) is 1. The van der Waals surface area contributed by atoms with Crippen LogP contribution < -0.4 is 11.1 Å². The van der Waals surface area contributed by atoms with Gasteiger partial charge in [-0.2, -0.15) is 0 Å². The molecule has 1 fully saturated rings. The van der Waals surface area contributed by atoms with E-state index in [4.69, 9.17) is 15.0 Å². The van der Waals surface area contributed by atoms with Gasteiger partial charge in [0.15, 0.2) is 0 Å². The topological polar surface area (TPSA) is 111 Å². The standard InChI is InChI=1S/C24H33FN4O4/c1-24(2,26)22(30)27-20(17-7-4-3-5-8-17)9-6-10-21-18(16-33-28-21)12-14-32-23(31)29-13-11-19(25)15-29/h3-5,7-8,16,19-20H,6,9-15,26H2,1-2H3,(H,27,30)/t19?,20-/m1/s1. The maximum Gasteiger partial charge on any atom is 0.409 e. The molecule has 3 N–H and O–H groups in total. The van der Waals surface area contributed by atoms with Crippen LogP contribution in [0.1, 0.15) is 56.0 Å². The zero-order chi connectivity index (χ0) is 23.8. The summed E-state index contributed by atoms with van der Waals surface area (Å²) in [5.41, 5.74) is 7.67. The molecule has 1 aliphatic heterocycles. The van der Waals surface area contributed by atoms with Gasteiger partial charge in [0.25, 0.3) is 0 Å². The van der Waals surface area contributed by atoms with Gasteiger partial charge in [-0.05, 0) is 45.1 Å². The molecule has 2 aromatic rings. The Morgan fingerprint density at radius 3 is 2.76 bits per heavy atom. The van der Waals surface area contributed by atoms with Gasteiger partial charge in [-0.1, -0.05) is 35.5 Å². The molecule has 0 saturated carbocycles. The number of amides is 2. The second kappa shape index (κ2) is 11.3. The van der Waals surface area contributed by atoms with E-state index in [2.05, 4.69) is 10.5 Å². The van der Waals surface area contributed by atoms with Crippen molar-refractivity contribution >= 4 is 12.0 Å². The SMILES string of the molecule is CC(C)(N)C(=O)N[C@H](CCCc1nocc1CCOC(=O)N1CCC(F)C1)c1ccccc1. The number of hydrogen-bond donors (Lipinski definition) is 2. The number of ether oxygens (including phenoxy) is 1. The van der Waals surface area contributed by atoms with Crippen LogP contribution in [0.4, 0.5) is 9.18 Å². The first-order chi connectivity index (χ1) is 15.7. The van der Waals surface area contributed by atoms with Gasteiger partial charge in [0.1, 0.15) is 12.4 Å². The van der Waals surface area contributed by atoms with E-state index in [1.165, 1.54) is 4.90 Å². The van der Waals surface area contributed by atoms with Crippen LogP contribution in [0.2, 0.25) is 0 Å². The van der Waals surface area contributed by atoms with Crippen LogP contribution in [-0.2, 0) is 22.4 Å². The number of aryl methyl sites for hydroxylation is 1. The number of benzene rings is 1. The first kappa shape index (κ1) is 24.7. The van der Waals surface area contributed by atoms with E-state index in [-0.39, 0.29) is 25.1 Å². The third-order valence-corrected chi connectivity index (χ3v) is 5.71. The summed E-state index contributed by atoms with van der Waals surface area (Å²) in [4.78, 5) is 25.8. The average molecular weight is 461 g/mol. The molecule has 0 bridgehead atoms. The lowest BCUT2D eigenvalue weighted by molar-refractivity contribution is -0.126. The quantitative estimate of drug-likeness (QED) is 0.563. The Morgan fingerprint density at radius 1 is 1.33 bits per heavy atom. The molecule has 9 heteroatoms. The van der Waals surface area contributed by atoms with Crippen LogP contribution in [0.25, 0.3) is 0 Å². The smallest absolute Gasteiger partial charge is 0.409 e. The molecule has 3 rings (SSSR count). The summed E-state index contributed by atoms with van der Waals surface area (Å²) in [7, 11) is 0. The second-order valence-electron chi connectivity index (χ2n) is 9.03. The lowest BCUT2D eigenvalue weighted by Crippen LogP contribution is -2.50.